The van der Waals surface area contributed by atoms with E-state index in [0.717, 1.165) is 29.0 Å². The smallest absolute Gasteiger partial charge is 0.240 e. The van der Waals surface area contributed by atoms with Gasteiger partial charge in [0, 0.05) is 13.3 Å². The van der Waals surface area contributed by atoms with Gasteiger partial charge in [-0.05, 0) is 23.3 Å². The second kappa shape index (κ2) is 6.02. The Bertz CT molecular complexity index is 693. The first-order chi connectivity index (χ1) is 10.7. The zero-order valence-electron chi connectivity index (χ0n) is 12.7. The molecule has 1 heterocycles. The molecule has 0 bridgehead atoms. The predicted octanol–water partition coefficient (Wildman–Crippen LogP) is 3.39. The molecule has 0 aromatic heterocycles. The Morgan fingerprint density at radius 1 is 1.14 bits per heavy atom. The number of hydrogen-bond acceptors (Lipinski definition) is 3. The van der Waals surface area contributed by atoms with E-state index in [1.165, 1.54) is 0 Å². The number of methoxy groups -OCH3 is 1. The minimum Gasteiger partial charge on any atom is -0.497 e. The highest BCUT2D eigenvalue weighted by molar-refractivity contribution is 6.03. The molecule has 0 fully saturated rings. The second-order valence-electron chi connectivity index (χ2n) is 5.27. The van der Waals surface area contributed by atoms with Gasteiger partial charge in [-0.15, -0.1) is 0 Å². The Morgan fingerprint density at radius 2 is 1.82 bits per heavy atom. The third-order valence-corrected chi connectivity index (χ3v) is 3.84. The summed E-state index contributed by atoms with van der Waals surface area (Å²) in [5.41, 5.74) is 3.06. The molecular formula is C18H18N2O2. The Kier molecular flexibility index (Phi) is 3.92. The first kappa shape index (κ1) is 14.3. The Morgan fingerprint density at radius 3 is 2.41 bits per heavy atom. The summed E-state index contributed by atoms with van der Waals surface area (Å²) in [4.78, 5) is 11.9. The average Bonchev–Trinajstić information content (AvgIpc) is 3.01. The van der Waals surface area contributed by atoms with E-state index in [1.54, 1.807) is 19.0 Å². The van der Waals surface area contributed by atoms with Crippen LogP contribution in [0.4, 0.5) is 0 Å². The quantitative estimate of drug-likeness (QED) is 0.870. The average molecular weight is 294 g/mol. The number of hydrazone groups is 1. The van der Waals surface area contributed by atoms with E-state index >= 15 is 0 Å². The summed E-state index contributed by atoms with van der Waals surface area (Å²) in [5, 5.41) is 6.10. The monoisotopic (exact) mass is 294 g/mol. The molecule has 1 amide bonds. The van der Waals surface area contributed by atoms with Crippen molar-refractivity contribution < 1.29 is 9.53 Å². The van der Waals surface area contributed by atoms with Crippen LogP contribution in [0.1, 0.15) is 30.5 Å². The van der Waals surface area contributed by atoms with Crippen LogP contribution < -0.4 is 4.74 Å². The predicted molar refractivity (Wildman–Crippen MR) is 85.9 cm³/mol. The number of hydrogen-bond donors (Lipinski definition) is 0. The van der Waals surface area contributed by atoms with Crippen LogP contribution in [0.3, 0.4) is 0 Å². The topological polar surface area (TPSA) is 41.9 Å². The number of benzene rings is 2. The molecule has 1 atom stereocenters. The van der Waals surface area contributed by atoms with Crippen LogP contribution >= 0.6 is 0 Å². The maximum absolute atomic E-state index is 11.9. The van der Waals surface area contributed by atoms with Crippen molar-refractivity contribution >= 4 is 11.6 Å². The van der Waals surface area contributed by atoms with Gasteiger partial charge in [-0.25, -0.2) is 5.01 Å². The van der Waals surface area contributed by atoms with Crippen molar-refractivity contribution in [3.05, 3.63) is 65.7 Å². The van der Waals surface area contributed by atoms with Crippen LogP contribution in [0.5, 0.6) is 5.75 Å². The Balaban J connectivity index is 1.90. The maximum Gasteiger partial charge on any atom is 0.240 e. The van der Waals surface area contributed by atoms with E-state index in [4.69, 9.17) is 4.74 Å². The van der Waals surface area contributed by atoms with Crippen molar-refractivity contribution in [2.45, 2.75) is 19.4 Å². The third kappa shape index (κ3) is 2.72. The van der Waals surface area contributed by atoms with Gasteiger partial charge in [0.2, 0.25) is 5.91 Å². The molecule has 0 spiro atoms. The number of carbonyl (C=O) groups excluding carboxylic acids is 1. The standard InChI is InChI=1S/C18H18N2O2/c1-13(21)20-18(15-8-10-16(22-2)11-9-15)12-17(19-20)14-6-4-3-5-7-14/h3-11,18H,12H2,1-2H3/t18-/m0/s1. The molecular weight excluding hydrogens is 276 g/mol. The van der Waals surface area contributed by atoms with Crippen molar-refractivity contribution in [2.24, 2.45) is 5.10 Å². The highest BCUT2D eigenvalue weighted by Crippen LogP contribution is 2.33. The SMILES string of the molecule is COc1ccc([C@@H]2CC(c3ccccc3)=NN2C(C)=O)cc1. The van der Waals surface area contributed by atoms with Gasteiger partial charge in [0.05, 0.1) is 18.9 Å². The lowest BCUT2D eigenvalue weighted by Gasteiger charge is -2.20. The van der Waals surface area contributed by atoms with Crippen LogP contribution in [-0.4, -0.2) is 23.7 Å². The van der Waals surface area contributed by atoms with Crippen molar-refractivity contribution in [1.29, 1.82) is 0 Å². The molecule has 22 heavy (non-hydrogen) atoms. The molecule has 0 saturated heterocycles. The van der Waals surface area contributed by atoms with E-state index in [-0.39, 0.29) is 11.9 Å². The van der Waals surface area contributed by atoms with Gasteiger partial charge >= 0.3 is 0 Å². The molecule has 1 aliphatic rings. The summed E-state index contributed by atoms with van der Waals surface area (Å²) in [5.74, 6) is 0.757. The highest BCUT2D eigenvalue weighted by Gasteiger charge is 2.31. The third-order valence-electron chi connectivity index (χ3n) is 3.84. The summed E-state index contributed by atoms with van der Waals surface area (Å²) in [7, 11) is 1.64. The van der Waals surface area contributed by atoms with Crippen molar-refractivity contribution in [3.63, 3.8) is 0 Å². The van der Waals surface area contributed by atoms with Gasteiger partial charge in [0.1, 0.15) is 5.75 Å². The van der Waals surface area contributed by atoms with Crippen LogP contribution in [-0.2, 0) is 4.79 Å². The van der Waals surface area contributed by atoms with E-state index in [1.807, 2.05) is 54.6 Å². The Hall–Kier alpha value is -2.62. The summed E-state index contributed by atoms with van der Waals surface area (Å²) < 4.78 is 5.19. The van der Waals surface area contributed by atoms with Crippen molar-refractivity contribution in [2.75, 3.05) is 7.11 Å². The van der Waals surface area contributed by atoms with Crippen LogP contribution in [0.15, 0.2) is 59.7 Å². The molecule has 0 aliphatic carbocycles. The number of ether oxygens (including phenoxy) is 1. The fourth-order valence-corrected chi connectivity index (χ4v) is 2.69. The van der Waals surface area contributed by atoms with Crippen LogP contribution in [0.2, 0.25) is 0 Å². The fraction of sp³-hybridized carbons (Fsp3) is 0.222. The van der Waals surface area contributed by atoms with E-state index in [9.17, 15) is 4.79 Å². The number of rotatable bonds is 3. The molecule has 4 nitrogen and oxygen atoms in total. The second-order valence-corrected chi connectivity index (χ2v) is 5.27. The summed E-state index contributed by atoms with van der Waals surface area (Å²) >= 11 is 0. The molecule has 0 N–H and O–H groups in total. The largest absolute Gasteiger partial charge is 0.497 e. The normalized spacial score (nSPS) is 17.3. The first-order valence-corrected chi connectivity index (χ1v) is 7.25. The van der Waals surface area contributed by atoms with E-state index in [2.05, 4.69) is 5.10 Å². The van der Waals surface area contributed by atoms with Gasteiger partial charge in [0.15, 0.2) is 0 Å². The molecule has 0 saturated carbocycles. The van der Waals surface area contributed by atoms with E-state index in [0.29, 0.717) is 0 Å². The van der Waals surface area contributed by atoms with Gasteiger partial charge in [0.25, 0.3) is 0 Å². The van der Waals surface area contributed by atoms with Gasteiger partial charge < -0.3 is 4.74 Å². The molecule has 112 valence electrons. The minimum atomic E-state index is -0.0568. The lowest BCUT2D eigenvalue weighted by atomic mass is 9.98. The molecule has 3 rings (SSSR count). The van der Waals surface area contributed by atoms with E-state index < -0.39 is 0 Å². The Labute approximate surface area is 130 Å². The summed E-state index contributed by atoms with van der Waals surface area (Å²) in [6.07, 6.45) is 0.718. The molecule has 2 aromatic rings. The highest BCUT2D eigenvalue weighted by atomic mass is 16.5. The minimum absolute atomic E-state index is 0.0493. The van der Waals surface area contributed by atoms with Crippen molar-refractivity contribution in [3.8, 4) is 5.75 Å². The number of carbonyl (C=O) groups is 1. The first-order valence-electron chi connectivity index (χ1n) is 7.25. The molecule has 2 aromatic carbocycles. The fourth-order valence-electron chi connectivity index (χ4n) is 2.69. The summed E-state index contributed by atoms with van der Waals surface area (Å²) in [6.45, 7) is 1.55. The lowest BCUT2D eigenvalue weighted by Crippen LogP contribution is -2.24. The lowest BCUT2D eigenvalue weighted by molar-refractivity contribution is -0.130. The van der Waals surface area contributed by atoms with Crippen molar-refractivity contribution in [1.82, 2.24) is 5.01 Å². The van der Waals surface area contributed by atoms with Gasteiger partial charge in [-0.2, -0.15) is 5.10 Å². The number of amides is 1. The zero-order chi connectivity index (χ0) is 15.5. The van der Waals surface area contributed by atoms with Crippen LogP contribution in [0.25, 0.3) is 0 Å². The van der Waals surface area contributed by atoms with Gasteiger partial charge in [-0.3, -0.25) is 4.79 Å². The molecule has 1 aliphatic heterocycles. The molecule has 4 heteroatoms. The zero-order valence-corrected chi connectivity index (χ0v) is 12.7. The van der Waals surface area contributed by atoms with Crippen LogP contribution in [0, 0.1) is 0 Å². The number of nitrogens with zero attached hydrogens (tertiary/aromatic N) is 2. The molecule has 0 radical (unpaired) electrons. The summed E-state index contributed by atoms with van der Waals surface area (Å²) in [6, 6.07) is 17.7. The van der Waals surface area contributed by atoms with Gasteiger partial charge in [-0.1, -0.05) is 42.5 Å². The molecule has 0 unspecified atom stereocenters. The maximum atomic E-state index is 11.9.